The topological polar surface area (TPSA) is 28.4 Å². The van der Waals surface area contributed by atoms with Gasteiger partial charge in [-0.2, -0.15) is 0 Å². The van der Waals surface area contributed by atoms with Crippen LogP contribution in [0.25, 0.3) is 11.0 Å². The fourth-order valence-electron chi connectivity index (χ4n) is 2.73. The van der Waals surface area contributed by atoms with Crippen LogP contribution in [0.3, 0.4) is 0 Å². The average molecular weight is 230 g/mol. The molecule has 2 aromatic rings. The molecule has 1 aliphatic rings. The second kappa shape index (κ2) is 4.17. The molecule has 0 aliphatic carbocycles. The number of fused-ring (bicyclic) bond motifs is 1. The third-order valence-corrected chi connectivity index (χ3v) is 3.66. The van der Waals surface area contributed by atoms with Gasteiger partial charge in [0.15, 0.2) is 0 Å². The number of likely N-dealkylation sites (N-methyl/N-ethyl adjacent to an activating group) is 1. The van der Waals surface area contributed by atoms with Gasteiger partial charge in [-0.25, -0.2) is 0 Å². The predicted octanol–water partition coefficient (Wildman–Crippen LogP) is 2.32. The van der Waals surface area contributed by atoms with Gasteiger partial charge >= 0.3 is 0 Å². The van der Waals surface area contributed by atoms with Gasteiger partial charge in [0.1, 0.15) is 11.3 Å². The number of furan rings is 1. The first-order valence-corrected chi connectivity index (χ1v) is 6.16. The van der Waals surface area contributed by atoms with Crippen LogP contribution in [0.4, 0.5) is 0 Å². The summed E-state index contributed by atoms with van der Waals surface area (Å²) in [5.74, 6) is 1.05. The van der Waals surface area contributed by atoms with Crippen molar-refractivity contribution in [3.8, 4) is 0 Å². The maximum atomic E-state index is 5.85. The normalized spacial score (nSPS) is 22.1. The van der Waals surface area contributed by atoms with Crippen molar-refractivity contribution in [1.82, 2.24) is 10.2 Å². The van der Waals surface area contributed by atoms with Gasteiger partial charge in [-0.1, -0.05) is 18.2 Å². The molecular weight excluding hydrogens is 212 g/mol. The quantitative estimate of drug-likeness (QED) is 0.815. The highest BCUT2D eigenvalue weighted by Crippen LogP contribution is 2.33. The molecule has 0 spiro atoms. The number of para-hydroxylation sites is 1. The predicted molar refractivity (Wildman–Crippen MR) is 69.2 cm³/mol. The van der Waals surface area contributed by atoms with Gasteiger partial charge in [-0.15, -0.1) is 0 Å². The second-order valence-electron chi connectivity index (χ2n) is 4.77. The molecule has 3 heteroatoms. The number of nitrogens with zero attached hydrogens (tertiary/aromatic N) is 1. The molecule has 3 nitrogen and oxygen atoms in total. The minimum Gasteiger partial charge on any atom is -0.461 e. The van der Waals surface area contributed by atoms with Crippen molar-refractivity contribution in [2.45, 2.75) is 13.0 Å². The van der Waals surface area contributed by atoms with Crippen LogP contribution in [0.1, 0.15) is 17.4 Å². The van der Waals surface area contributed by atoms with Gasteiger partial charge in [-0.05, 0) is 20.0 Å². The van der Waals surface area contributed by atoms with E-state index in [0.29, 0.717) is 6.04 Å². The van der Waals surface area contributed by atoms with Crippen LogP contribution in [0.15, 0.2) is 28.7 Å². The Balaban J connectivity index is 2.12. The van der Waals surface area contributed by atoms with E-state index in [1.54, 1.807) is 0 Å². The zero-order valence-electron chi connectivity index (χ0n) is 10.4. The van der Waals surface area contributed by atoms with Crippen LogP contribution in [0.2, 0.25) is 0 Å². The molecule has 0 bridgehead atoms. The van der Waals surface area contributed by atoms with Crippen LogP contribution >= 0.6 is 0 Å². The molecule has 1 aromatic carbocycles. The SMILES string of the molecule is Cc1oc2ccccc2c1C1CNCCN1C. The molecule has 1 saturated heterocycles. The van der Waals surface area contributed by atoms with Gasteiger partial charge in [0.05, 0.1) is 6.04 Å². The highest BCUT2D eigenvalue weighted by Gasteiger charge is 2.25. The fraction of sp³-hybridized carbons (Fsp3) is 0.429. The lowest BCUT2D eigenvalue weighted by molar-refractivity contribution is 0.201. The minimum atomic E-state index is 0.424. The van der Waals surface area contributed by atoms with Crippen molar-refractivity contribution in [3.05, 3.63) is 35.6 Å². The van der Waals surface area contributed by atoms with Gasteiger partial charge in [-0.3, -0.25) is 4.90 Å². The third-order valence-electron chi connectivity index (χ3n) is 3.66. The summed E-state index contributed by atoms with van der Waals surface area (Å²) in [4.78, 5) is 2.40. The number of benzene rings is 1. The first-order chi connectivity index (χ1) is 8.27. The lowest BCUT2D eigenvalue weighted by Gasteiger charge is -2.33. The van der Waals surface area contributed by atoms with Crippen LogP contribution in [0, 0.1) is 6.92 Å². The summed E-state index contributed by atoms with van der Waals surface area (Å²) in [6, 6.07) is 8.73. The Morgan fingerprint density at radius 1 is 1.35 bits per heavy atom. The molecule has 1 N–H and O–H groups in total. The molecular formula is C14H18N2O. The molecule has 1 atom stereocenters. The van der Waals surface area contributed by atoms with E-state index in [0.717, 1.165) is 31.0 Å². The smallest absolute Gasteiger partial charge is 0.134 e. The molecule has 1 fully saturated rings. The molecule has 1 aromatic heterocycles. The van der Waals surface area contributed by atoms with E-state index in [9.17, 15) is 0 Å². The largest absolute Gasteiger partial charge is 0.461 e. The Kier molecular flexibility index (Phi) is 2.65. The maximum Gasteiger partial charge on any atom is 0.134 e. The number of hydrogen-bond acceptors (Lipinski definition) is 3. The minimum absolute atomic E-state index is 0.424. The maximum absolute atomic E-state index is 5.85. The highest BCUT2D eigenvalue weighted by atomic mass is 16.3. The van der Waals surface area contributed by atoms with E-state index in [1.165, 1.54) is 10.9 Å². The van der Waals surface area contributed by atoms with Crippen molar-refractivity contribution >= 4 is 11.0 Å². The number of nitrogens with one attached hydrogen (secondary N) is 1. The van der Waals surface area contributed by atoms with Crippen molar-refractivity contribution in [3.63, 3.8) is 0 Å². The lowest BCUT2D eigenvalue weighted by Crippen LogP contribution is -2.43. The van der Waals surface area contributed by atoms with E-state index in [-0.39, 0.29) is 0 Å². The van der Waals surface area contributed by atoms with Crippen LogP contribution in [-0.2, 0) is 0 Å². The number of rotatable bonds is 1. The zero-order valence-corrected chi connectivity index (χ0v) is 10.4. The summed E-state index contributed by atoms with van der Waals surface area (Å²) < 4.78 is 5.85. The van der Waals surface area contributed by atoms with Crippen LogP contribution in [-0.4, -0.2) is 31.6 Å². The standard InChI is InChI=1S/C14H18N2O/c1-10-14(12-9-15-7-8-16(12)2)11-5-3-4-6-13(11)17-10/h3-6,12,15H,7-9H2,1-2H3. The Labute approximate surface area is 101 Å². The van der Waals surface area contributed by atoms with Gasteiger partial charge < -0.3 is 9.73 Å². The zero-order chi connectivity index (χ0) is 11.8. The first kappa shape index (κ1) is 10.8. The van der Waals surface area contributed by atoms with E-state index >= 15 is 0 Å². The van der Waals surface area contributed by atoms with E-state index in [2.05, 4.69) is 36.3 Å². The Morgan fingerprint density at radius 3 is 3.00 bits per heavy atom. The molecule has 1 unspecified atom stereocenters. The van der Waals surface area contributed by atoms with Gasteiger partial charge in [0.25, 0.3) is 0 Å². The Morgan fingerprint density at radius 2 is 2.18 bits per heavy atom. The van der Waals surface area contributed by atoms with E-state index < -0.39 is 0 Å². The third kappa shape index (κ3) is 1.75. The summed E-state index contributed by atoms with van der Waals surface area (Å²) in [5.41, 5.74) is 2.34. The average Bonchev–Trinajstić information content (AvgIpc) is 2.66. The monoisotopic (exact) mass is 230 g/mol. The number of piperazine rings is 1. The second-order valence-corrected chi connectivity index (χ2v) is 4.77. The van der Waals surface area contributed by atoms with Crippen molar-refractivity contribution in [1.29, 1.82) is 0 Å². The van der Waals surface area contributed by atoms with E-state index in [1.807, 2.05) is 12.1 Å². The van der Waals surface area contributed by atoms with Crippen LogP contribution < -0.4 is 5.32 Å². The number of aryl methyl sites for hydroxylation is 1. The first-order valence-electron chi connectivity index (χ1n) is 6.16. The molecule has 2 heterocycles. The molecule has 17 heavy (non-hydrogen) atoms. The summed E-state index contributed by atoms with van der Waals surface area (Å²) in [7, 11) is 2.19. The molecule has 0 saturated carbocycles. The molecule has 90 valence electrons. The Hall–Kier alpha value is -1.32. The summed E-state index contributed by atoms with van der Waals surface area (Å²) in [5, 5.41) is 4.72. The van der Waals surface area contributed by atoms with Gasteiger partial charge in [0, 0.05) is 30.6 Å². The van der Waals surface area contributed by atoms with E-state index in [4.69, 9.17) is 4.42 Å². The van der Waals surface area contributed by atoms with Gasteiger partial charge in [0.2, 0.25) is 0 Å². The van der Waals surface area contributed by atoms with Crippen molar-refractivity contribution < 1.29 is 4.42 Å². The number of hydrogen-bond donors (Lipinski definition) is 1. The molecule has 0 radical (unpaired) electrons. The van der Waals surface area contributed by atoms with Crippen molar-refractivity contribution in [2.75, 3.05) is 26.7 Å². The van der Waals surface area contributed by atoms with Crippen LogP contribution in [0.5, 0.6) is 0 Å². The molecule has 0 amide bonds. The summed E-state index contributed by atoms with van der Waals surface area (Å²) >= 11 is 0. The fourth-order valence-corrected chi connectivity index (χ4v) is 2.73. The molecule has 1 aliphatic heterocycles. The Bertz CT molecular complexity index is 532. The summed E-state index contributed by atoms with van der Waals surface area (Å²) in [6.45, 7) is 5.23. The summed E-state index contributed by atoms with van der Waals surface area (Å²) in [6.07, 6.45) is 0. The lowest BCUT2D eigenvalue weighted by atomic mass is 10.0. The van der Waals surface area contributed by atoms with Crippen molar-refractivity contribution in [2.24, 2.45) is 0 Å². The molecule has 3 rings (SSSR count). The highest BCUT2D eigenvalue weighted by molar-refractivity contribution is 5.82.